The van der Waals surface area contributed by atoms with Crippen LogP contribution in [0.15, 0.2) is 48.5 Å². The predicted octanol–water partition coefficient (Wildman–Crippen LogP) is 3.00. The van der Waals surface area contributed by atoms with Gasteiger partial charge in [-0.05, 0) is 48.9 Å². The Balaban J connectivity index is 1.69. The van der Waals surface area contributed by atoms with Crippen molar-refractivity contribution in [3.8, 4) is 11.5 Å². The minimum atomic E-state index is -4.85. The van der Waals surface area contributed by atoms with Gasteiger partial charge in [-0.15, -0.1) is 13.2 Å². The third-order valence-electron chi connectivity index (χ3n) is 4.62. The van der Waals surface area contributed by atoms with Crippen LogP contribution in [0, 0.1) is 0 Å². The Hall–Kier alpha value is -3.76. The van der Waals surface area contributed by atoms with E-state index in [0.717, 1.165) is 17.0 Å². The van der Waals surface area contributed by atoms with Crippen LogP contribution >= 0.6 is 0 Å². The van der Waals surface area contributed by atoms with Crippen molar-refractivity contribution in [1.29, 1.82) is 0 Å². The highest BCUT2D eigenvalue weighted by molar-refractivity contribution is 6.10. The first kappa shape index (κ1) is 21.9. The lowest BCUT2D eigenvalue weighted by Gasteiger charge is -2.22. The largest absolute Gasteiger partial charge is 0.573 e. The molecule has 1 aliphatic heterocycles. The number of imide groups is 1. The Morgan fingerprint density at radius 3 is 2.19 bits per heavy atom. The van der Waals surface area contributed by atoms with Crippen LogP contribution in [0.25, 0.3) is 0 Å². The second-order valence-electron chi connectivity index (χ2n) is 6.80. The Kier molecular flexibility index (Phi) is 5.78. The molecule has 1 atom stereocenters. The molecule has 2 aromatic carbocycles. The number of halogens is 3. The molecule has 164 valence electrons. The Labute approximate surface area is 174 Å². The van der Waals surface area contributed by atoms with Gasteiger partial charge in [0.15, 0.2) is 0 Å². The van der Waals surface area contributed by atoms with E-state index in [0.29, 0.717) is 11.4 Å². The van der Waals surface area contributed by atoms with Crippen molar-refractivity contribution in [2.75, 3.05) is 19.0 Å². The van der Waals surface area contributed by atoms with Gasteiger partial charge in [0.2, 0.25) is 5.91 Å². The third kappa shape index (κ3) is 4.87. The zero-order chi connectivity index (χ0) is 22.8. The van der Waals surface area contributed by atoms with Crippen molar-refractivity contribution in [2.24, 2.45) is 0 Å². The molecule has 4 amide bonds. The Bertz CT molecular complexity index is 993. The summed E-state index contributed by atoms with van der Waals surface area (Å²) in [4.78, 5) is 38.2. The number of amides is 4. The van der Waals surface area contributed by atoms with Gasteiger partial charge >= 0.3 is 12.4 Å². The molecule has 0 aromatic heterocycles. The molecule has 3 rings (SSSR count). The normalized spacial score (nSPS) is 18.5. The van der Waals surface area contributed by atoms with Crippen molar-refractivity contribution in [3.05, 3.63) is 54.1 Å². The van der Waals surface area contributed by atoms with Crippen LogP contribution in [0.5, 0.6) is 11.5 Å². The quantitative estimate of drug-likeness (QED) is 0.678. The lowest BCUT2D eigenvalue weighted by Crippen LogP contribution is -2.42. The number of rotatable bonds is 6. The molecule has 0 spiro atoms. The molecule has 1 unspecified atom stereocenters. The molecule has 0 saturated carbocycles. The zero-order valence-corrected chi connectivity index (χ0v) is 16.4. The first-order valence-electron chi connectivity index (χ1n) is 8.96. The maximum atomic E-state index is 12.9. The summed E-state index contributed by atoms with van der Waals surface area (Å²) in [6, 6.07) is 10.2. The molecule has 1 aliphatic rings. The highest BCUT2D eigenvalue weighted by Crippen LogP contribution is 2.31. The zero-order valence-electron chi connectivity index (χ0n) is 16.4. The topological polar surface area (TPSA) is 97.0 Å². The summed E-state index contributed by atoms with van der Waals surface area (Å²) in [5.74, 6) is -1.19. The van der Waals surface area contributed by atoms with E-state index < -0.39 is 42.0 Å². The number of hydrogen-bond acceptors (Lipinski definition) is 5. The highest BCUT2D eigenvalue weighted by atomic mass is 19.4. The maximum absolute atomic E-state index is 12.9. The first-order chi connectivity index (χ1) is 14.5. The van der Waals surface area contributed by atoms with Gasteiger partial charge in [0.1, 0.15) is 23.6 Å². The van der Waals surface area contributed by atoms with Crippen molar-refractivity contribution >= 4 is 23.5 Å². The average molecular weight is 437 g/mol. The van der Waals surface area contributed by atoms with Crippen LogP contribution in [0.4, 0.5) is 23.7 Å². The second-order valence-corrected chi connectivity index (χ2v) is 6.80. The summed E-state index contributed by atoms with van der Waals surface area (Å²) in [5.41, 5.74) is -0.867. The molecule has 1 saturated heterocycles. The number of anilines is 1. The van der Waals surface area contributed by atoms with E-state index in [-0.39, 0.29) is 5.56 Å². The Morgan fingerprint density at radius 1 is 1.06 bits per heavy atom. The predicted molar refractivity (Wildman–Crippen MR) is 102 cm³/mol. The van der Waals surface area contributed by atoms with Crippen LogP contribution in [0.3, 0.4) is 0 Å². The lowest BCUT2D eigenvalue weighted by atomic mass is 9.92. The molecule has 31 heavy (non-hydrogen) atoms. The van der Waals surface area contributed by atoms with Crippen LogP contribution in [-0.2, 0) is 15.1 Å². The van der Waals surface area contributed by atoms with E-state index in [1.54, 1.807) is 24.3 Å². The van der Waals surface area contributed by atoms with Gasteiger partial charge in [-0.2, -0.15) is 0 Å². The van der Waals surface area contributed by atoms with E-state index in [4.69, 9.17) is 4.74 Å². The summed E-state index contributed by atoms with van der Waals surface area (Å²) in [6.45, 7) is 0.857. The second kappa shape index (κ2) is 8.17. The molecule has 0 aliphatic carbocycles. The summed E-state index contributed by atoms with van der Waals surface area (Å²) in [5, 5.41) is 5.04. The SMILES string of the molecule is COc1ccc(NC(=O)CN2C(=O)NC(C)(c3ccc(OC(F)(F)F)cc3)C2=O)cc1. The summed E-state index contributed by atoms with van der Waals surface area (Å²) in [6.07, 6.45) is -4.85. The van der Waals surface area contributed by atoms with Crippen molar-refractivity contribution in [1.82, 2.24) is 10.2 Å². The number of carbonyl (C=O) groups excluding carboxylic acids is 3. The molecule has 0 bridgehead atoms. The van der Waals surface area contributed by atoms with E-state index in [2.05, 4.69) is 15.4 Å². The van der Waals surface area contributed by atoms with Crippen LogP contribution in [0.2, 0.25) is 0 Å². The maximum Gasteiger partial charge on any atom is 0.573 e. The first-order valence-corrected chi connectivity index (χ1v) is 8.96. The van der Waals surface area contributed by atoms with Gasteiger partial charge in [-0.1, -0.05) is 12.1 Å². The van der Waals surface area contributed by atoms with Gasteiger partial charge in [0, 0.05) is 5.69 Å². The number of alkyl halides is 3. The minimum absolute atomic E-state index is 0.235. The molecular weight excluding hydrogens is 419 g/mol. The standard InChI is InChI=1S/C20H18F3N3O5/c1-19(12-3-7-15(8-4-12)31-20(21,22)23)17(28)26(18(29)25-19)11-16(27)24-13-5-9-14(30-2)10-6-13/h3-10H,11H2,1-2H3,(H,24,27)(H,25,29). The number of benzene rings is 2. The van der Waals surface area contributed by atoms with E-state index >= 15 is 0 Å². The molecule has 11 heteroatoms. The van der Waals surface area contributed by atoms with Gasteiger partial charge in [-0.3, -0.25) is 14.5 Å². The summed E-state index contributed by atoms with van der Waals surface area (Å²) < 4.78 is 45.8. The lowest BCUT2D eigenvalue weighted by molar-refractivity contribution is -0.274. The fourth-order valence-corrected chi connectivity index (χ4v) is 3.04. The number of methoxy groups -OCH3 is 1. The molecule has 2 aromatic rings. The van der Waals surface area contributed by atoms with E-state index in [1.807, 2.05) is 0 Å². The fraction of sp³-hybridized carbons (Fsp3) is 0.250. The highest BCUT2D eigenvalue weighted by Gasteiger charge is 2.49. The number of urea groups is 1. The van der Waals surface area contributed by atoms with Crippen molar-refractivity contribution in [2.45, 2.75) is 18.8 Å². The molecule has 8 nitrogen and oxygen atoms in total. The molecular formula is C20H18F3N3O5. The smallest absolute Gasteiger partial charge is 0.497 e. The number of ether oxygens (including phenoxy) is 2. The minimum Gasteiger partial charge on any atom is -0.497 e. The summed E-state index contributed by atoms with van der Waals surface area (Å²) >= 11 is 0. The summed E-state index contributed by atoms with van der Waals surface area (Å²) in [7, 11) is 1.50. The van der Waals surface area contributed by atoms with Crippen LogP contribution in [0.1, 0.15) is 12.5 Å². The number of carbonyl (C=O) groups is 3. The van der Waals surface area contributed by atoms with Crippen LogP contribution in [-0.4, -0.2) is 42.8 Å². The van der Waals surface area contributed by atoms with Gasteiger partial charge in [0.05, 0.1) is 7.11 Å². The van der Waals surface area contributed by atoms with Crippen molar-refractivity contribution in [3.63, 3.8) is 0 Å². The van der Waals surface area contributed by atoms with Gasteiger partial charge in [0.25, 0.3) is 5.91 Å². The number of nitrogens with zero attached hydrogens (tertiary/aromatic N) is 1. The molecule has 1 fully saturated rings. The third-order valence-corrected chi connectivity index (χ3v) is 4.62. The van der Waals surface area contributed by atoms with Gasteiger partial charge in [-0.25, -0.2) is 4.79 Å². The number of hydrogen-bond donors (Lipinski definition) is 2. The van der Waals surface area contributed by atoms with E-state index in [1.165, 1.54) is 26.2 Å². The Morgan fingerprint density at radius 2 is 1.65 bits per heavy atom. The average Bonchev–Trinajstić information content (AvgIpc) is 2.92. The number of nitrogens with one attached hydrogen (secondary N) is 2. The van der Waals surface area contributed by atoms with Crippen LogP contribution < -0.4 is 20.1 Å². The van der Waals surface area contributed by atoms with Crippen molar-refractivity contribution < 1.29 is 37.0 Å². The molecule has 2 N–H and O–H groups in total. The fourth-order valence-electron chi connectivity index (χ4n) is 3.04. The molecule has 0 radical (unpaired) electrons. The molecule has 1 heterocycles. The van der Waals surface area contributed by atoms with E-state index in [9.17, 15) is 27.6 Å². The van der Waals surface area contributed by atoms with Gasteiger partial charge < -0.3 is 20.1 Å². The monoisotopic (exact) mass is 437 g/mol.